The lowest BCUT2D eigenvalue weighted by molar-refractivity contribution is -0.307. The minimum atomic E-state index is -0.611. The van der Waals surface area contributed by atoms with Crippen molar-refractivity contribution in [2.24, 2.45) is 0 Å². The number of benzene rings is 1. The minimum absolute atomic E-state index is 0.611. The Kier molecular flexibility index (Phi) is 5.83. The lowest BCUT2D eigenvalue weighted by Crippen LogP contribution is -2.27. The second-order valence-corrected chi connectivity index (χ2v) is 4.89. The summed E-state index contributed by atoms with van der Waals surface area (Å²) in [5.41, 5.74) is 1.30. The van der Waals surface area contributed by atoms with Crippen molar-refractivity contribution >= 4 is 0 Å². The van der Waals surface area contributed by atoms with Gasteiger partial charge in [0.15, 0.2) is 0 Å². The maximum absolute atomic E-state index is 5.26. The van der Waals surface area contributed by atoms with Gasteiger partial charge in [0.2, 0.25) is 0 Å². The summed E-state index contributed by atoms with van der Waals surface area (Å²) in [7, 11) is 1.72. The summed E-state index contributed by atoms with van der Waals surface area (Å²) >= 11 is 0. The molecule has 1 aromatic rings. The number of ether oxygens (including phenoxy) is 4. The van der Waals surface area contributed by atoms with Crippen molar-refractivity contribution in [2.45, 2.75) is 38.6 Å². The van der Waals surface area contributed by atoms with Crippen molar-refractivity contribution in [1.29, 1.82) is 0 Å². The van der Waals surface area contributed by atoms with Gasteiger partial charge in [-0.1, -0.05) is 31.5 Å². The summed E-state index contributed by atoms with van der Waals surface area (Å²) < 4.78 is 21.0. The number of hydrogen-bond donors (Lipinski definition) is 0. The standard InChI is InChI=1S/C10H14O.C6H10O3/c1-3-6-9-7-4-5-8-10(9)11-2;1-2-6(7-3-1)8-4-5-9-6/h4-5,7-8H,3,6H2,1-2H3;1-5H2. The number of methoxy groups -OCH3 is 1. The molecule has 20 heavy (non-hydrogen) atoms. The van der Waals surface area contributed by atoms with Gasteiger partial charge in [-0.15, -0.1) is 0 Å². The number of rotatable bonds is 3. The molecule has 0 bridgehead atoms. The average molecular weight is 280 g/mol. The summed E-state index contributed by atoms with van der Waals surface area (Å²) in [6.07, 6.45) is 4.22. The maximum Gasteiger partial charge on any atom is 0.283 e. The fourth-order valence-electron chi connectivity index (χ4n) is 2.43. The van der Waals surface area contributed by atoms with Gasteiger partial charge in [-0.05, 0) is 24.5 Å². The average Bonchev–Trinajstić information content (AvgIpc) is 3.14. The summed E-state index contributed by atoms with van der Waals surface area (Å²) in [6, 6.07) is 8.17. The van der Waals surface area contributed by atoms with Gasteiger partial charge in [0.25, 0.3) is 5.97 Å². The highest BCUT2D eigenvalue weighted by Gasteiger charge is 2.41. The predicted molar refractivity (Wildman–Crippen MR) is 76.8 cm³/mol. The number of aryl methyl sites for hydroxylation is 1. The molecule has 3 rings (SSSR count). The van der Waals surface area contributed by atoms with E-state index in [4.69, 9.17) is 18.9 Å². The van der Waals surface area contributed by atoms with Crippen LogP contribution in [0.3, 0.4) is 0 Å². The molecule has 0 unspecified atom stereocenters. The number of hydrogen-bond acceptors (Lipinski definition) is 4. The second-order valence-electron chi connectivity index (χ2n) is 4.89. The zero-order valence-electron chi connectivity index (χ0n) is 12.4. The molecule has 0 amide bonds. The third-order valence-corrected chi connectivity index (χ3v) is 3.39. The van der Waals surface area contributed by atoms with Crippen molar-refractivity contribution in [1.82, 2.24) is 0 Å². The molecular formula is C16H24O4. The van der Waals surface area contributed by atoms with E-state index in [9.17, 15) is 0 Å². The second kappa shape index (κ2) is 7.62. The predicted octanol–water partition coefficient (Wildman–Crippen LogP) is 3.15. The van der Waals surface area contributed by atoms with E-state index < -0.39 is 5.97 Å². The van der Waals surface area contributed by atoms with E-state index >= 15 is 0 Å². The van der Waals surface area contributed by atoms with Crippen molar-refractivity contribution in [2.75, 3.05) is 26.9 Å². The first kappa shape index (κ1) is 15.3. The Labute approximate surface area is 121 Å². The first-order valence-corrected chi connectivity index (χ1v) is 7.33. The van der Waals surface area contributed by atoms with Crippen LogP contribution in [0, 0.1) is 0 Å². The molecule has 0 radical (unpaired) electrons. The van der Waals surface area contributed by atoms with Crippen molar-refractivity contribution < 1.29 is 18.9 Å². The van der Waals surface area contributed by atoms with E-state index in [-0.39, 0.29) is 0 Å². The largest absolute Gasteiger partial charge is 0.496 e. The Morgan fingerprint density at radius 3 is 2.40 bits per heavy atom. The normalized spacial score (nSPS) is 19.7. The number of para-hydroxylation sites is 1. The first-order valence-electron chi connectivity index (χ1n) is 7.33. The van der Waals surface area contributed by atoms with E-state index in [1.54, 1.807) is 7.11 Å². The van der Waals surface area contributed by atoms with E-state index in [0.29, 0.717) is 13.2 Å². The zero-order chi connectivity index (χ0) is 14.3. The highest BCUT2D eigenvalue weighted by Crippen LogP contribution is 2.31. The summed E-state index contributed by atoms with van der Waals surface area (Å²) in [5.74, 6) is 0.398. The Morgan fingerprint density at radius 1 is 1.10 bits per heavy atom. The maximum atomic E-state index is 5.26. The monoisotopic (exact) mass is 280 g/mol. The van der Waals surface area contributed by atoms with Gasteiger partial charge < -0.3 is 18.9 Å². The fraction of sp³-hybridized carbons (Fsp3) is 0.625. The quantitative estimate of drug-likeness (QED) is 0.852. The van der Waals surface area contributed by atoms with Crippen LogP contribution in [-0.2, 0) is 20.6 Å². The topological polar surface area (TPSA) is 36.9 Å². The summed E-state index contributed by atoms with van der Waals surface area (Å²) in [6.45, 7) is 4.31. The molecule has 0 aromatic heterocycles. The molecule has 2 heterocycles. The van der Waals surface area contributed by atoms with Crippen molar-refractivity contribution in [3.63, 3.8) is 0 Å². The van der Waals surface area contributed by atoms with Crippen molar-refractivity contribution in [3.05, 3.63) is 29.8 Å². The van der Waals surface area contributed by atoms with Gasteiger partial charge in [-0.2, -0.15) is 0 Å². The molecule has 4 nitrogen and oxygen atoms in total. The van der Waals surface area contributed by atoms with E-state index in [2.05, 4.69) is 13.0 Å². The van der Waals surface area contributed by atoms with Crippen LogP contribution in [0.25, 0.3) is 0 Å². The lowest BCUT2D eigenvalue weighted by Gasteiger charge is -2.18. The molecule has 0 N–H and O–H groups in total. The van der Waals surface area contributed by atoms with Crippen LogP contribution in [0.1, 0.15) is 31.7 Å². The molecule has 2 aliphatic rings. The molecule has 0 saturated carbocycles. The minimum Gasteiger partial charge on any atom is -0.496 e. The van der Waals surface area contributed by atoms with E-state index in [0.717, 1.165) is 31.6 Å². The zero-order valence-corrected chi connectivity index (χ0v) is 12.4. The molecule has 1 spiro atoms. The molecule has 2 fully saturated rings. The van der Waals surface area contributed by atoms with E-state index in [1.165, 1.54) is 12.0 Å². The van der Waals surface area contributed by atoms with Crippen LogP contribution in [0.15, 0.2) is 24.3 Å². The van der Waals surface area contributed by atoms with Gasteiger partial charge >= 0.3 is 0 Å². The highest BCUT2D eigenvalue weighted by molar-refractivity contribution is 5.33. The van der Waals surface area contributed by atoms with Crippen LogP contribution in [-0.4, -0.2) is 32.9 Å². The molecular weight excluding hydrogens is 256 g/mol. The molecule has 4 heteroatoms. The van der Waals surface area contributed by atoms with Crippen LogP contribution >= 0.6 is 0 Å². The van der Waals surface area contributed by atoms with Crippen LogP contribution in [0.5, 0.6) is 5.75 Å². The Bertz CT molecular complexity index is 376. The summed E-state index contributed by atoms with van der Waals surface area (Å²) in [4.78, 5) is 0. The first-order chi connectivity index (χ1) is 9.79. The van der Waals surface area contributed by atoms with Crippen LogP contribution < -0.4 is 4.74 Å². The van der Waals surface area contributed by atoms with Crippen molar-refractivity contribution in [3.8, 4) is 5.75 Å². The van der Waals surface area contributed by atoms with Gasteiger partial charge in [0.05, 0.1) is 26.9 Å². The van der Waals surface area contributed by atoms with Crippen LogP contribution in [0.2, 0.25) is 0 Å². The molecule has 0 aliphatic carbocycles. The highest BCUT2D eigenvalue weighted by atomic mass is 16.9. The van der Waals surface area contributed by atoms with Gasteiger partial charge in [-0.25, -0.2) is 0 Å². The SMILES string of the molecule is C1COC2(C1)OCCO2.CCCc1ccccc1OC. The molecule has 1 aromatic carbocycles. The third kappa shape index (κ3) is 3.95. The lowest BCUT2D eigenvalue weighted by atomic mass is 10.1. The smallest absolute Gasteiger partial charge is 0.283 e. The van der Waals surface area contributed by atoms with Gasteiger partial charge in [-0.3, -0.25) is 0 Å². The summed E-state index contributed by atoms with van der Waals surface area (Å²) in [5, 5.41) is 0. The third-order valence-electron chi connectivity index (χ3n) is 3.39. The Morgan fingerprint density at radius 2 is 1.80 bits per heavy atom. The Hall–Kier alpha value is -1.10. The fourth-order valence-corrected chi connectivity index (χ4v) is 2.43. The molecule has 2 saturated heterocycles. The van der Waals surface area contributed by atoms with Crippen LogP contribution in [0.4, 0.5) is 0 Å². The molecule has 0 atom stereocenters. The van der Waals surface area contributed by atoms with Gasteiger partial charge in [0.1, 0.15) is 5.75 Å². The van der Waals surface area contributed by atoms with E-state index in [1.807, 2.05) is 18.2 Å². The van der Waals surface area contributed by atoms with Gasteiger partial charge in [0, 0.05) is 6.42 Å². The molecule has 112 valence electrons. The molecule has 2 aliphatic heterocycles. The Balaban J connectivity index is 0.000000149.